The van der Waals surface area contributed by atoms with E-state index in [-0.39, 0.29) is 0 Å². The van der Waals surface area contributed by atoms with Gasteiger partial charge in [0.25, 0.3) is 0 Å². The molecule has 0 saturated heterocycles. The van der Waals surface area contributed by atoms with Crippen molar-refractivity contribution in [3.8, 4) is 0 Å². The fourth-order valence-electron chi connectivity index (χ4n) is 0.542. The highest BCUT2D eigenvalue weighted by Crippen LogP contribution is 2.15. The molecule has 0 fully saturated rings. The van der Waals surface area contributed by atoms with Gasteiger partial charge in [0, 0.05) is 18.1 Å². The minimum Gasteiger partial charge on any atom is -0.340 e. The van der Waals surface area contributed by atoms with Crippen molar-refractivity contribution in [3.05, 3.63) is 18.3 Å². The first-order valence-electron chi connectivity index (χ1n) is 3.20. The number of imidazole rings is 1. The van der Waals surface area contributed by atoms with Gasteiger partial charge in [-0.15, -0.1) is 0 Å². The second kappa shape index (κ2) is 3.66. The van der Waals surface area contributed by atoms with E-state index >= 15 is 0 Å². The average Bonchev–Trinajstić information content (AvgIpc) is 2.34. The number of thioether (sulfide) groups is 1. The molecule has 0 aliphatic rings. The Hall–Kier alpha value is -0.440. The van der Waals surface area contributed by atoms with Crippen molar-refractivity contribution in [2.75, 3.05) is 5.75 Å². The van der Waals surface area contributed by atoms with Gasteiger partial charge in [0.15, 0.2) is 5.16 Å². The van der Waals surface area contributed by atoms with E-state index in [1.54, 1.807) is 18.0 Å². The van der Waals surface area contributed by atoms with E-state index in [0.29, 0.717) is 0 Å². The van der Waals surface area contributed by atoms with Gasteiger partial charge in [-0.05, 0) is 5.92 Å². The molecule has 0 unspecified atom stereocenters. The van der Waals surface area contributed by atoms with Crippen LogP contribution in [0.5, 0.6) is 0 Å². The lowest BCUT2D eigenvalue weighted by molar-refractivity contribution is 1.04. The quantitative estimate of drug-likeness (QED) is 0.677. The van der Waals surface area contributed by atoms with Gasteiger partial charge < -0.3 is 4.98 Å². The Balaban J connectivity index is 2.28. The molecule has 10 heavy (non-hydrogen) atoms. The molecule has 1 radical (unpaired) electrons. The average molecular weight is 155 g/mol. The molecule has 0 bridgehead atoms. The summed E-state index contributed by atoms with van der Waals surface area (Å²) in [7, 11) is 0. The summed E-state index contributed by atoms with van der Waals surface area (Å²) in [4.78, 5) is 7.11. The first-order valence-corrected chi connectivity index (χ1v) is 4.19. The van der Waals surface area contributed by atoms with E-state index in [2.05, 4.69) is 23.8 Å². The minimum atomic E-state index is 1.00. The Bertz CT molecular complexity index is 170. The van der Waals surface area contributed by atoms with Crippen molar-refractivity contribution < 1.29 is 0 Å². The maximum absolute atomic E-state index is 4.08. The second-order valence-corrected chi connectivity index (χ2v) is 3.35. The zero-order valence-corrected chi connectivity index (χ0v) is 7.03. The topological polar surface area (TPSA) is 28.7 Å². The largest absolute Gasteiger partial charge is 0.340 e. The number of hydrogen-bond acceptors (Lipinski definition) is 2. The Morgan fingerprint density at radius 2 is 2.50 bits per heavy atom. The number of rotatable bonds is 3. The van der Waals surface area contributed by atoms with E-state index in [1.807, 2.05) is 6.20 Å². The number of aromatic nitrogens is 2. The molecule has 1 aromatic rings. The lowest BCUT2D eigenvalue weighted by Gasteiger charge is -1.99. The number of hydrogen-bond donors (Lipinski definition) is 1. The van der Waals surface area contributed by atoms with Crippen LogP contribution in [-0.4, -0.2) is 15.7 Å². The fourth-order valence-corrected chi connectivity index (χ4v) is 1.25. The van der Waals surface area contributed by atoms with Crippen LogP contribution in [0.4, 0.5) is 0 Å². The number of H-pyrrole nitrogens is 1. The van der Waals surface area contributed by atoms with E-state index in [1.165, 1.54) is 5.92 Å². The molecule has 1 heterocycles. The van der Waals surface area contributed by atoms with Crippen molar-refractivity contribution in [3.63, 3.8) is 0 Å². The molecule has 0 aromatic carbocycles. The summed E-state index contributed by atoms with van der Waals surface area (Å²) in [6, 6.07) is 0. The van der Waals surface area contributed by atoms with Gasteiger partial charge in [0.2, 0.25) is 0 Å². The SMILES string of the molecule is C[C](C)CSc1ncc[nH]1. The molecule has 1 N–H and O–H groups in total. The van der Waals surface area contributed by atoms with Crippen molar-refractivity contribution in [2.45, 2.75) is 19.0 Å². The first kappa shape index (κ1) is 7.66. The van der Waals surface area contributed by atoms with Crippen LogP contribution >= 0.6 is 11.8 Å². The molecule has 0 amide bonds. The van der Waals surface area contributed by atoms with E-state index in [9.17, 15) is 0 Å². The Kier molecular flexibility index (Phi) is 2.81. The van der Waals surface area contributed by atoms with Gasteiger partial charge in [-0.2, -0.15) is 0 Å². The van der Waals surface area contributed by atoms with Crippen LogP contribution in [0.2, 0.25) is 0 Å². The van der Waals surface area contributed by atoms with Crippen LogP contribution in [0.3, 0.4) is 0 Å². The van der Waals surface area contributed by atoms with Gasteiger partial charge in [0.1, 0.15) is 0 Å². The van der Waals surface area contributed by atoms with Crippen LogP contribution in [0, 0.1) is 5.92 Å². The predicted octanol–water partition coefficient (Wildman–Crippen LogP) is 2.12. The molecular formula is C7H11N2S. The molecule has 2 nitrogen and oxygen atoms in total. The molecule has 0 spiro atoms. The third-order valence-electron chi connectivity index (χ3n) is 0.971. The summed E-state index contributed by atoms with van der Waals surface area (Å²) in [6.45, 7) is 4.24. The highest BCUT2D eigenvalue weighted by atomic mass is 32.2. The minimum absolute atomic E-state index is 1.00. The molecule has 0 aliphatic carbocycles. The molecule has 55 valence electrons. The Morgan fingerprint density at radius 1 is 1.70 bits per heavy atom. The van der Waals surface area contributed by atoms with Crippen molar-refractivity contribution in [2.24, 2.45) is 0 Å². The number of nitrogens with zero attached hydrogens (tertiary/aromatic N) is 1. The van der Waals surface area contributed by atoms with Crippen molar-refractivity contribution >= 4 is 11.8 Å². The molecule has 1 rings (SSSR count). The van der Waals surface area contributed by atoms with Crippen LogP contribution in [0.15, 0.2) is 17.6 Å². The number of aromatic amines is 1. The van der Waals surface area contributed by atoms with Gasteiger partial charge in [-0.1, -0.05) is 25.6 Å². The normalized spacial score (nSPS) is 10.7. The van der Waals surface area contributed by atoms with Crippen molar-refractivity contribution in [1.29, 1.82) is 0 Å². The maximum atomic E-state index is 4.08. The molecule has 0 atom stereocenters. The van der Waals surface area contributed by atoms with Gasteiger partial charge in [-0.3, -0.25) is 0 Å². The Morgan fingerprint density at radius 3 is 3.00 bits per heavy atom. The van der Waals surface area contributed by atoms with Gasteiger partial charge >= 0.3 is 0 Å². The van der Waals surface area contributed by atoms with Crippen LogP contribution in [0.1, 0.15) is 13.8 Å². The third kappa shape index (κ3) is 2.43. The third-order valence-corrected chi connectivity index (χ3v) is 2.19. The van der Waals surface area contributed by atoms with Gasteiger partial charge in [0.05, 0.1) is 0 Å². The highest BCUT2D eigenvalue weighted by molar-refractivity contribution is 7.99. The smallest absolute Gasteiger partial charge is 0.165 e. The molecule has 3 heteroatoms. The predicted molar refractivity (Wildman–Crippen MR) is 43.9 cm³/mol. The summed E-state index contributed by atoms with van der Waals surface area (Å²) in [6.07, 6.45) is 3.61. The molecular weight excluding hydrogens is 144 g/mol. The van der Waals surface area contributed by atoms with Crippen LogP contribution in [0.25, 0.3) is 0 Å². The van der Waals surface area contributed by atoms with Gasteiger partial charge in [-0.25, -0.2) is 4.98 Å². The number of nitrogens with one attached hydrogen (secondary N) is 1. The summed E-state index contributed by atoms with van der Waals surface area (Å²) < 4.78 is 0. The van der Waals surface area contributed by atoms with E-state index in [0.717, 1.165) is 10.9 Å². The first-order chi connectivity index (χ1) is 4.79. The zero-order chi connectivity index (χ0) is 7.40. The molecule has 0 saturated carbocycles. The molecule has 1 aromatic heterocycles. The maximum Gasteiger partial charge on any atom is 0.165 e. The lowest BCUT2D eigenvalue weighted by atomic mass is 10.3. The van der Waals surface area contributed by atoms with Crippen molar-refractivity contribution in [1.82, 2.24) is 9.97 Å². The Labute approximate surface area is 65.4 Å². The summed E-state index contributed by atoms with van der Waals surface area (Å²) in [5.74, 6) is 2.47. The highest BCUT2D eigenvalue weighted by Gasteiger charge is 1.97. The monoisotopic (exact) mass is 155 g/mol. The van der Waals surface area contributed by atoms with E-state index in [4.69, 9.17) is 0 Å². The summed E-state index contributed by atoms with van der Waals surface area (Å²) in [5, 5.41) is 1.00. The fraction of sp³-hybridized carbons (Fsp3) is 0.429. The van der Waals surface area contributed by atoms with Crippen LogP contribution < -0.4 is 0 Å². The summed E-state index contributed by atoms with van der Waals surface area (Å²) >= 11 is 1.73. The lowest BCUT2D eigenvalue weighted by Crippen LogP contribution is -1.87. The summed E-state index contributed by atoms with van der Waals surface area (Å²) in [5.41, 5.74) is 0. The zero-order valence-electron chi connectivity index (χ0n) is 6.22. The second-order valence-electron chi connectivity index (χ2n) is 2.39. The standard InChI is InChI=1S/C7H11N2S/c1-6(2)5-10-7-8-3-4-9-7/h3-4H,5H2,1-2H3,(H,8,9). The molecule has 0 aliphatic heterocycles. The van der Waals surface area contributed by atoms with E-state index < -0.39 is 0 Å². The van der Waals surface area contributed by atoms with Crippen LogP contribution in [-0.2, 0) is 0 Å².